The number of alkyl halides is 1. The molecular weight excluding hydrogens is 250 g/mol. The molecule has 0 radical (unpaired) electrons. The maximum Gasteiger partial charge on any atom is 0.252 e. The normalized spacial score (nSPS) is 11.3. The summed E-state index contributed by atoms with van der Waals surface area (Å²) in [4.78, 5) is 12.2. The standard InChI is InChI=1S/C14H20ClNO2/c1-4-14(5-2,9-15)16-13(18)12-7-6-11(17)8-10(12)3/h6-8,17H,4-5,9H2,1-3H3,(H,16,18). The number of aryl methyl sites for hydroxylation is 1. The Bertz CT molecular complexity index is 420. The molecule has 0 saturated heterocycles. The Labute approximate surface area is 113 Å². The molecule has 100 valence electrons. The number of hydrogen-bond acceptors (Lipinski definition) is 2. The molecule has 0 heterocycles. The summed E-state index contributed by atoms with van der Waals surface area (Å²) >= 11 is 5.97. The SMILES string of the molecule is CCC(CC)(CCl)NC(=O)c1ccc(O)cc1C. The molecular formula is C14H20ClNO2. The molecule has 1 aromatic rings. The van der Waals surface area contributed by atoms with Gasteiger partial charge in [0, 0.05) is 11.4 Å². The van der Waals surface area contributed by atoms with E-state index in [9.17, 15) is 9.90 Å². The number of benzene rings is 1. The third-order valence-corrected chi connectivity index (χ3v) is 3.95. The fraction of sp³-hybridized carbons (Fsp3) is 0.500. The number of rotatable bonds is 5. The van der Waals surface area contributed by atoms with Crippen molar-refractivity contribution in [2.45, 2.75) is 39.2 Å². The average Bonchev–Trinajstić information content (AvgIpc) is 2.36. The van der Waals surface area contributed by atoms with Crippen molar-refractivity contribution in [3.05, 3.63) is 29.3 Å². The van der Waals surface area contributed by atoms with Crippen molar-refractivity contribution in [2.75, 3.05) is 5.88 Å². The highest BCUT2D eigenvalue weighted by Gasteiger charge is 2.27. The van der Waals surface area contributed by atoms with Crippen LogP contribution in [0.25, 0.3) is 0 Å². The summed E-state index contributed by atoms with van der Waals surface area (Å²) in [7, 11) is 0. The second-order valence-electron chi connectivity index (χ2n) is 4.57. The zero-order chi connectivity index (χ0) is 13.8. The highest BCUT2D eigenvalue weighted by molar-refractivity contribution is 6.19. The van der Waals surface area contributed by atoms with E-state index in [4.69, 9.17) is 11.6 Å². The van der Waals surface area contributed by atoms with Crippen LogP contribution in [0.15, 0.2) is 18.2 Å². The van der Waals surface area contributed by atoms with Crippen LogP contribution in [0.2, 0.25) is 0 Å². The number of halogens is 1. The Hall–Kier alpha value is -1.22. The van der Waals surface area contributed by atoms with Gasteiger partial charge < -0.3 is 10.4 Å². The number of phenols is 1. The monoisotopic (exact) mass is 269 g/mol. The molecule has 4 heteroatoms. The number of nitrogens with one attached hydrogen (secondary N) is 1. The highest BCUT2D eigenvalue weighted by Crippen LogP contribution is 2.20. The Morgan fingerprint density at radius 2 is 2.00 bits per heavy atom. The van der Waals surface area contributed by atoms with Crippen molar-refractivity contribution in [3.8, 4) is 5.75 Å². The van der Waals surface area contributed by atoms with E-state index in [1.54, 1.807) is 19.1 Å². The van der Waals surface area contributed by atoms with E-state index in [1.165, 1.54) is 6.07 Å². The molecule has 0 aliphatic carbocycles. The highest BCUT2D eigenvalue weighted by atomic mass is 35.5. The van der Waals surface area contributed by atoms with Crippen molar-refractivity contribution < 1.29 is 9.90 Å². The number of hydrogen-bond donors (Lipinski definition) is 2. The quantitative estimate of drug-likeness (QED) is 0.807. The van der Waals surface area contributed by atoms with Gasteiger partial charge in [0.15, 0.2) is 0 Å². The maximum atomic E-state index is 12.2. The lowest BCUT2D eigenvalue weighted by Crippen LogP contribution is -2.49. The van der Waals surface area contributed by atoms with E-state index in [0.717, 1.165) is 18.4 Å². The van der Waals surface area contributed by atoms with Gasteiger partial charge in [0.25, 0.3) is 5.91 Å². The molecule has 0 saturated carbocycles. The van der Waals surface area contributed by atoms with E-state index in [0.29, 0.717) is 11.4 Å². The third kappa shape index (κ3) is 3.16. The number of phenolic OH excluding ortho intramolecular Hbond substituents is 1. The summed E-state index contributed by atoms with van der Waals surface area (Å²) < 4.78 is 0. The van der Waals surface area contributed by atoms with Crippen molar-refractivity contribution >= 4 is 17.5 Å². The van der Waals surface area contributed by atoms with Crippen LogP contribution in [0.1, 0.15) is 42.6 Å². The van der Waals surface area contributed by atoms with Crippen LogP contribution in [0.5, 0.6) is 5.75 Å². The van der Waals surface area contributed by atoms with Crippen molar-refractivity contribution in [2.24, 2.45) is 0 Å². The minimum Gasteiger partial charge on any atom is -0.508 e. The summed E-state index contributed by atoms with van der Waals surface area (Å²) in [6, 6.07) is 4.72. The Kier molecular flexibility index (Phi) is 5.03. The van der Waals surface area contributed by atoms with E-state index < -0.39 is 0 Å². The Morgan fingerprint density at radius 3 is 2.44 bits per heavy atom. The molecule has 0 bridgehead atoms. The summed E-state index contributed by atoms with van der Waals surface area (Å²) in [5.41, 5.74) is 0.968. The molecule has 2 N–H and O–H groups in total. The molecule has 0 aliphatic rings. The number of aromatic hydroxyl groups is 1. The molecule has 0 aromatic heterocycles. The lowest BCUT2D eigenvalue weighted by molar-refractivity contribution is 0.0902. The summed E-state index contributed by atoms with van der Waals surface area (Å²) in [6.45, 7) is 5.82. The second-order valence-corrected chi connectivity index (χ2v) is 4.84. The van der Waals surface area contributed by atoms with Crippen LogP contribution >= 0.6 is 11.6 Å². The van der Waals surface area contributed by atoms with Crippen molar-refractivity contribution in [3.63, 3.8) is 0 Å². The van der Waals surface area contributed by atoms with Gasteiger partial charge in [0.1, 0.15) is 5.75 Å². The zero-order valence-electron chi connectivity index (χ0n) is 11.1. The summed E-state index contributed by atoms with van der Waals surface area (Å²) in [6.07, 6.45) is 1.58. The fourth-order valence-corrected chi connectivity index (χ4v) is 2.30. The molecule has 1 aromatic carbocycles. The van der Waals surface area contributed by atoms with Crippen LogP contribution in [0, 0.1) is 6.92 Å². The minimum atomic E-state index is -0.358. The van der Waals surface area contributed by atoms with E-state index in [2.05, 4.69) is 5.32 Å². The van der Waals surface area contributed by atoms with E-state index in [1.807, 2.05) is 13.8 Å². The molecule has 18 heavy (non-hydrogen) atoms. The van der Waals surface area contributed by atoms with Gasteiger partial charge in [0.05, 0.1) is 5.54 Å². The van der Waals surface area contributed by atoms with E-state index in [-0.39, 0.29) is 17.2 Å². The molecule has 1 amide bonds. The number of carbonyl (C=O) groups excluding carboxylic acids is 1. The van der Waals surface area contributed by atoms with Crippen LogP contribution < -0.4 is 5.32 Å². The second kappa shape index (κ2) is 6.10. The maximum absolute atomic E-state index is 12.2. The first kappa shape index (κ1) is 14.8. The Balaban J connectivity index is 2.94. The first-order valence-electron chi connectivity index (χ1n) is 6.16. The lowest BCUT2D eigenvalue weighted by atomic mass is 9.94. The van der Waals surface area contributed by atoms with Crippen LogP contribution in [-0.2, 0) is 0 Å². The van der Waals surface area contributed by atoms with Crippen molar-refractivity contribution in [1.82, 2.24) is 5.32 Å². The lowest BCUT2D eigenvalue weighted by Gasteiger charge is -2.30. The van der Waals surface area contributed by atoms with Crippen LogP contribution in [0.3, 0.4) is 0 Å². The molecule has 3 nitrogen and oxygen atoms in total. The van der Waals surface area contributed by atoms with Gasteiger partial charge >= 0.3 is 0 Å². The first-order chi connectivity index (χ1) is 8.48. The molecule has 1 rings (SSSR count). The summed E-state index contributed by atoms with van der Waals surface area (Å²) in [5.74, 6) is 0.415. The number of amides is 1. The molecule has 0 aliphatic heterocycles. The molecule has 0 unspecified atom stereocenters. The minimum absolute atomic E-state index is 0.142. The van der Waals surface area contributed by atoms with Gasteiger partial charge in [-0.1, -0.05) is 13.8 Å². The fourth-order valence-electron chi connectivity index (χ4n) is 1.86. The predicted molar refractivity (Wildman–Crippen MR) is 74.3 cm³/mol. The Morgan fingerprint density at radius 1 is 1.39 bits per heavy atom. The van der Waals surface area contributed by atoms with E-state index >= 15 is 0 Å². The van der Waals surface area contributed by atoms with Gasteiger partial charge in [-0.3, -0.25) is 4.79 Å². The van der Waals surface area contributed by atoms with Gasteiger partial charge in [-0.25, -0.2) is 0 Å². The van der Waals surface area contributed by atoms with Crippen LogP contribution in [0.4, 0.5) is 0 Å². The van der Waals surface area contributed by atoms with Gasteiger partial charge in [-0.05, 0) is 43.5 Å². The van der Waals surface area contributed by atoms with Gasteiger partial charge in [0.2, 0.25) is 0 Å². The molecule has 0 spiro atoms. The topological polar surface area (TPSA) is 49.3 Å². The van der Waals surface area contributed by atoms with Gasteiger partial charge in [-0.15, -0.1) is 11.6 Å². The average molecular weight is 270 g/mol. The molecule has 0 fully saturated rings. The van der Waals surface area contributed by atoms with Gasteiger partial charge in [-0.2, -0.15) is 0 Å². The smallest absolute Gasteiger partial charge is 0.252 e. The first-order valence-corrected chi connectivity index (χ1v) is 6.69. The largest absolute Gasteiger partial charge is 0.508 e. The zero-order valence-corrected chi connectivity index (χ0v) is 11.8. The third-order valence-electron chi connectivity index (χ3n) is 3.44. The van der Waals surface area contributed by atoms with Crippen molar-refractivity contribution in [1.29, 1.82) is 0 Å². The molecule has 0 atom stereocenters. The van der Waals surface area contributed by atoms with Crippen LogP contribution in [-0.4, -0.2) is 22.4 Å². The summed E-state index contributed by atoms with van der Waals surface area (Å²) in [5, 5.41) is 12.3. The number of carbonyl (C=O) groups is 1. The predicted octanol–water partition coefficient (Wildman–Crippen LogP) is 3.23.